The summed E-state index contributed by atoms with van der Waals surface area (Å²) in [6.45, 7) is 1.33. The minimum atomic E-state index is -4.49. The minimum absolute atomic E-state index is 0.0561. The second kappa shape index (κ2) is 9.49. The van der Waals surface area contributed by atoms with Gasteiger partial charge in [-0.2, -0.15) is 18.4 Å². The van der Waals surface area contributed by atoms with E-state index in [2.05, 4.69) is 21.3 Å². The van der Waals surface area contributed by atoms with Crippen molar-refractivity contribution in [2.75, 3.05) is 18.9 Å². The molecule has 0 aromatic heterocycles. The van der Waals surface area contributed by atoms with Crippen LogP contribution in [0.3, 0.4) is 0 Å². The maximum atomic E-state index is 13.1. The number of nitriles is 1. The lowest BCUT2D eigenvalue weighted by atomic mass is 9.98. The van der Waals surface area contributed by atoms with E-state index in [1.54, 1.807) is 12.1 Å². The molecule has 0 aliphatic carbocycles. The van der Waals surface area contributed by atoms with E-state index in [0.29, 0.717) is 30.8 Å². The van der Waals surface area contributed by atoms with Gasteiger partial charge in [-0.05, 0) is 42.4 Å². The first-order valence-corrected chi connectivity index (χ1v) is 10.6. The molecule has 4 rings (SSSR count). The number of nitrogens with one attached hydrogen (secondary N) is 1. The quantitative estimate of drug-likeness (QED) is 0.504. The molecule has 1 aliphatic rings. The molecule has 0 spiro atoms. The largest absolute Gasteiger partial charge is 0.416 e. The van der Waals surface area contributed by atoms with Crippen molar-refractivity contribution in [2.45, 2.75) is 19.1 Å². The molecule has 1 aliphatic heterocycles. The van der Waals surface area contributed by atoms with Crippen LogP contribution in [0.1, 0.15) is 23.1 Å². The molecular formula is C26H21F3N4O. The number of anilines is 1. The van der Waals surface area contributed by atoms with Crippen molar-refractivity contribution in [3.8, 4) is 17.2 Å². The van der Waals surface area contributed by atoms with E-state index in [1.807, 2.05) is 37.4 Å². The average molecular weight is 462 g/mol. The number of benzene rings is 3. The highest BCUT2D eigenvalue weighted by atomic mass is 19.4. The molecule has 0 bridgehead atoms. The van der Waals surface area contributed by atoms with E-state index >= 15 is 0 Å². The van der Waals surface area contributed by atoms with Crippen LogP contribution in [-0.4, -0.2) is 30.1 Å². The van der Waals surface area contributed by atoms with Gasteiger partial charge in [-0.1, -0.05) is 42.5 Å². The molecule has 8 heteroatoms. The molecule has 3 aromatic rings. The van der Waals surface area contributed by atoms with Gasteiger partial charge in [0, 0.05) is 30.6 Å². The number of aliphatic imine (C=N–C) groups is 1. The van der Waals surface area contributed by atoms with E-state index in [1.165, 1.54) is 12.1 Å². The minimum Gasteiger partial charge on any atom is -0.319 e. The first-order chi connectivity index (χ1) is 16.3. The number of alkyl halides is 3. The fourth-order valence-corrected chi connectivity index (χ4v) is 3.88. The van der Waals surface area contributed by atoms with Gasteiger partial charge in [0.1, 0.15) is 5.71 Å². The summed E-state index contributed by atoms with van der Waals surface area (Å²) in [5.74, 6) is -0.466. The van der Waals surface area contributed by atoms with Gasteiger partial charge in [0.05, 0.1) is 23.0 Å². The summed E-state index contributed by atoms with van der Waals surface area (Å²) in [4.78, 5) is 19.0. The fraction of sp³-hybridized carbons (Fsp3) is 0.192. The van der Waals surface area contributed by atoms with E-state index in [9.17, 15) is 18.0 Å². The van der Waals surface area contributed by atoms with Gasteiger partial charge in [-0.15, -0.1) is 0 Å². The lowest BCUT2D eigenvalue weighted by Gasteiger charge is -2.16. The number of para-hydroxylation sites is 1. The van der Waals surface area contributed by atoms with Crippen LogP contribution in [0.5, 0.6) is 0 Å². The third kappa shape index (κ3) is 5.00. The normalized spacial score (nSPS) is 14.2. The van der Waals surface area contributed by atoms with Crippen molar-refractivity contribution in [3.05, 3.63) is 83.4 Å². The van der Waals surface area contributed by atoms with Crippen molar-refractivity contribution in [3.63, 3.8) is 0 Å². The Kier molecular flexibility index (Phi) is 6.48. The van der Waals surface area contributed by atoms with Gasteiger partial charge >= 0.3 is 6.18 Å². The summed E-state index contributed by atoms with van der Waals surface area (Å²) in [5, 5.41) is 11.6. The van der Waals surface area contributed by atoms with Crippen LogP contribution in [0.25, 0.3) is 11.1 Å². The third-order valence-electron chi connectivity index (χ3n) is 5.48. The Hall–Kier alpha value is -3.96. The standard InChI is InChI=1S/C26H21F3N4O/c1-33(13-5-12-30)16-17-6-2-7-18(14-17)21-10-4-11-22-23(21)32-25(34)24(22)31-20-9-3-8-19(15-20)26(27,28)29/h2-4,6-11,14-15H,5,13,16H2,1H3,(H,31,32,34). The SMILES string of the molecule is CN(CCC#N)Cc1cccc(-c2cccc3c2NC(=O)C3=Nc2cccc(C(F)(F)F)c2)c1. The highest BCUT2D eigenvalue weighted by molar-refractivity contribution is 6.54. The zero-order chi connectivity index (χ0) is 24.3. The molecule has 0 atom stereocenters. The average Bonchev–Trinajstić information content (AvgIpc) is 3.12. The highest BCUT2D eigenvalue weighted by Crippen LogP contribution is 2.37. The monoisotopic (exact) mass is 462 g/mol. The molecule has 0 saturated carbocycles. The summed E-state index contributed by atoms with van der Waals surface area (Å²) >= 11 is 0. The molecule has 1 heterocycles. The van der Waals surface area contributed by atoms with Crippen molar-refractivity contribution >= 4 is 23.0 Å². The molecule has 0 fully saturated rings. The Morgan fingerprint density at radius 3 is 2.53 bits per heavy atom. The number of hydrogen-bond donors (Lipinski definition) is 1. The number of hydrogen-bond acceptors (Lipinski definition) is 4. The van der Waals surface area contributed by atoms with E-state index in [-0.39, 0.29) is 11.4 Å². The molecule has 34 heavy (non-hydrogen) atoms. The summed E-state index contributed by atoms with van der Waals surface area (Å²) in [6.07, 6.45) is -4.05. The maximum absolute atomic E-state index is 13.1. The molecule has 0 unspecified atom stereocenters. The number of nitrogens with zero attached hydrogens (tertiary/aromatic N) is 3. The van der Waals surface area contributed by atoms with Gasteiger partial charge in [0.25, 0.3) is 5.91 Å². The lowest BCUT2D eigenvalue weighted by Crippen LogP contribution is -2.18. The first kappa shape index (κ1) is 23.2. The molecule has 0 radical (unpaired) electrons. The molecule has 5 nitrogen and oxygen atoms in total. The Labute approximate surface area is 195 Å². The van der Waals surface area contributed by atoms with Crippen molar-refractivity contribution in [1.82, 2.24) is 4.90 Å². The summed E-state index contributed by atoms with van der Waals surface area (Å²) < 4.78 is 39.2. The van der Waals surface area contributed by atoms with Gasteiger partial charge in [-0.25, -0.2) is 4.99 Å². The molecular weight excluding hydrogens is 441 g/mol. The first-order valence-electron chi connectivity index (χ1n) is 10.6. The van der Waals surface area contributed by atoms with Crippen LogP contribution in [0, 0.1) is 11.3 Å². The van der Waals surface area contributed by atoms with Crippen molar-refractivity contribution < 1.29 is 18.0 Å². The van der Waals surface area contributed by atoms with Crippen LogP contribution >= 0.6 is 0 Å². The number of fused-ring (bicyclic) bond motifs is 1. The van der Waals surface area contributed by atoms with Crippen molar-refractivity contribution in [1.29, 1.82) is 5.26 Å². The van der Waals surface area contributed by atoms with Crippen LogP contribution in [0.2, 0.25) is 0 Å². The van der Waals surface area contributed by atoms with Crippen LogP contribution < -0.4 is 5.32 Å². The Balaban J connectivity index is 1.68. The second-order valence-corrected chi connectivity index (χ2v) is 8.04. The molecule has 172 valence electrons. The second-order valence-electron chi connectivity index (χ2n) is 8.04. The predicted molar refractivity (Wildman–Crippen MR) is 125 cm³/mol. The molecule has 3 aromatic carbocycles. The number of halogens is 3. The van der Waals surface area contributed by atoms with Crippen molar-refractivity contribution in [2.24, 2.45) is 4.99 Å². The van der Waals surface area contributed by atoms with E-state index < -0.39 is 17.6 Å². The zero-order valence-corrected chi connectivity index (χ0v) is 18.4. The summed E-state index contributed by atoms with van der Waals surface area (Å²) in [7, 11) is 1.95. The molecule has 0 saturated heterocycles. The maximum Gasteiger partial charge on any atom is 0.416 e. The predicted octanol–water partition coefficient (Wildman–Crippen LogP) is 5.79. The summed E-state index contributed by atoms with van der Waals surface area (Å²) in [5.41, 5.74) is 3.16. The Morgan fingerprint density at radius 2 is 1.76 bits per heavy atom. The number of rotatable bonds is 6. The number of amides is 1. The fourth-order valence-electron chi connectivity index (χ4n) is 3.88. The van der Waals surface area contributed by atoms with E-state index in [0.717, 1.165) is 28.8 Å². The molecule has 1 N–H and O–H groups in total. The smallest absolute Gasteiger partial charge is 0.319 e. The highest BCUT2D eigenvalue weighted by Gasteiger charge is 2.31. The van der Waals surface area contributed by atoms with Gasteiger partial charge in [-0.3, -0.25) is 4.79 Å². The Bertz CT molecular complexity index is 1310. The van der Waals surface area contributed by atoms with Crippen LogP contribution in [0.4, 0.5) is 24.5 Å². The van der Waals surface area contributed by atoms with Crippen LogP contribution in [-0.2, 0) is 17.5 Å². The number of carbonyl (C=O) groups excluding carboxylic acids is 1. The topological polar surface area (TPSA) is 68.5 Å². The van der Waals surface area contributed by atoms with Gasteiger partial charge in [0.15, 0.2) is 0 Å². The number of carbonyl (C=O) groups is 1. The zero-order valence-electron chi connectivity index (χ0n) is 18.4. The van der Waals surface area contributed by atoms with E-state index in [4.69, 9.17) is 5.26 Å². The van der Waals surface area contributed by atoms with Gasteiger partial charge < -0.3 is 10.2 Å². The third-order valence-corrected chi connectivity index (χ3v) is 5.48. The Morgan fingerprint density at radius 1 is 1.03 bits per heavy atom. The molecule has 1 amide bonds. The lowest BCUT2D eigenvalue weighted by molar-refractivity contribution is -0.137. The van der Waals surface area contributed by atoms with Crippen LogP contribution in [0.15, 0.2) is 71.7 Å². The summed E-state index contributed by atoms with van der Waals surface area (Å²) in [6, 6.07) is 20.0. The van der Waals surface area contributed by atoms with Gasteiger partial charge in [0.2, 0.25) is 0 Å².